The van der Waals surface area contributed by atoms with Crippen LogP contribution in [-0.4, -0.2) is 57.5 Å². The number of hydrogen-bond donors (Lipinski definition) is 3. The molecule has 0 unspecified atom stereocenters. The van der Waals surface area contributed by atoms with Crippen LogP contribution >= 0.6 is 15.9 Å². The Bertz CT molecular complexity index is 1490. The number of hydrogen-bond acceptors (Lipinski definition) is 8. The molecule has 42 heavy (non-hydrogen) atoms. The summed E-state index contributed by atoms with van der Waals surface area (Å²) in [7, 11) is 5.04. The molecule has 3 aromatic carbocycles. The molecule has 3 aromatic rings. The number of esters is 1. The fourth-order valence-electron chi connectivity index (χ4n) is 4.17. The molecule has 0 bridgehead atoms. The summed E-state index contributed by atoms with van der Waals surface area (Å²) in [4.78, 5) is 52.5. The number of amides is 3. The lowest BCUT2D eigenvalue weighted by atomic mass is 10.1. The minimum atomic E-state index is -0.963. The number of nitrogens with one attached hydrogen (secondary N) is 3. The van der Waals surface area contributed by atoms with Crippen LogP contribution in [0.2, 0.25) is 0 Å². The Morgan fingerprint density at radius 2 is 1.83 bits per heavy atom. The fourth-order valence-corrected chi connectivity index (χ4v) is 4.62. The Hall–Kier alpha value is -4.42. The van der Waals surface area contributed by atoms with Crippen molar-refractivity contribution in [2.75, 3.05) is 43.3 Å². The number of halogens is 1. The highest BCUT2D eigenvalue weighted by atomic mass is 79.9. The zero-order valence-corrected chi connectivity index (χ0v) is 24.9. The first-order valence-corrected chi connectivity index (χ1v) is 13.9. The van der Waals surface area contributed by atoms with E-state index in [1.807, 2.05) is 61.5 Å². The first kappa shape index (κ1) is 30.5. The normalized spacial score (nSPS) is 14.1. The number of carbonyl (C=O) groups is 4. The second kappa shape index (κ2) is 14.0. The lowest BCUT2D eigenvalue weighted by Gasteiger charge is -2.18. The third-order valence-electron chi connectivity index (χ3n) is 6.34. The van der Waals surface area contributed by atoms with Crippen LogP contribution < -0.4 is 25.6 Å². The molecule has 0 spiro atoms. The summed E-state index contributed by atoms with van der Waals surface area (Å²) >= 11 is 3.41. The van der Waals surface area contributed by atoms with Gasteiger partial charge < -0.3 is 35.1 Å². The van der Waals surface area contributed by atoms with Gasteiger partial charge in [0.05, 0.1) is 30.7 Å². The number of benzene rings is 3. The molecule has 3 amide bonds. The van der Waals surface area contributed by atoms with E-state index in [0.717, 1.165) is 15.7 Å². The monoisotopic (exact) mass is 638 g/mol. The van der Waals surface area contributed by atoms with E-state index in [1.54, 1.807) is 6.07 Å². The number of ether oxygens (including phenoxy) is 3. The summed E-state index contributed by atoms with van der Waals surface area (Å²) in [6.45, 7) is -0.0253. The maximum atomic E-state index is 13.2. The molecule has 1 aliphatic rings. The van der Waals surface area contributed by atoms with Crippen LogP contribution in [0.4, 0.5) is 17.1 Å². The second-order valence-corrected chi connectivity index (χ2v) is 10.6. The number of fused-ring (bicyclic) bond motifs is 1. The van der Waals surface area contributed by atoms with Gasteiger partial charge in [-0.2, -0.15) is 0 Å². The SMILES string of the molecule is COC(=O)CC[C@H]1NC(=O)c2cc(Oc3cccc(N(C)C)c3)c(NC(=O)COCc3cccc(Br)c3)cc2NC1=O. The van der Waals surface area contributed by atoms with Crippen LogP contribution in [0.3, 0.4) is 0 Å². The molecule has 1 aliphatic heterocycles. The molecule has 220 valence electrons. The molecule has 0 aromatic heterocycles. The highest BCUT2D eigenvalue weighted by Crippen LogP contribution is 2.37. The first-order chi connectivity index (χ1) is 20.1. The summed E-state index contributed by atoms with van der Waals surface area (Å²) in [5.41, 5.74) is 2.31. The van der Waals surface area contributed by atoms with E-state index < -0.39 is 29.7 Å². The maximum Gasteiger partial charge on any atom is 0.305 e. The van der Waals surface area contributed by atoms with Crippen molar-refractivity contribution >= 4 is 56.7 Å². The Kier molecular flexibility index (Phi) is 10.2. The first-order valence-electron chi connectivity index (χ1n) is 13.1. The predicted octanol–water partition coefficient (Wildman–Crippen LogP) is 4.47. The summed E-state index contributed by atoms with van der Waals surface area (Å²) in [6, 6.07) is 16.8. The van der Waals surface area contributed by atoms with Crippen molar-refractivity contribution < 1.29 is 33.4 Å². The van der Waals surface area contributed by atoms with Crippen molar-refractivity contribution in [2.45, 2.75) is 25.5 Å². The number of anilines is 3. The van der Waals surface area contributed by atoms with E-state index in [4.69, 9.17) is 9.47 Å². The zero-order chi connectivity index (χ0) is 30.2. The van der Waals surface area contributed by atoms with Crippen molar-refractivity contribution in [3.8, 4) is 11.5 Å². The molecule has 0 aliphatic carbocycles. The molecule has 1 atom stereocenters. The Labute approximate surface area is 251 Å². The topological polar surface area (TPSA) is 135 Å². The van der Waals surface area contributed by atoms with Gasteiger partial charge in [0.15, 0.2) is 5.75 Å². The third kappa shape index (κ3) is 8.08. The van der Waals surface area contributed by atoms with Gasteiger partial charge in [-0.1, -0.05) is 34.1 Å². The Balaban J connectivity index is 1.58. The average molecular weight is 640 g/mol. The smallest absolute Gasteiger partial charge is 0.305 e. The number of methoxy groups -OCH3 is 1. The molecule has 1 heterocycles. The van der Waals surface area contributed by atoms with Crippen molar-refractivity contribution in [2.24, 2.45) is 0 Å². The standard InChI is InChI=1S/C30H31BrN4O7/c1-35(2)20-8-5-9-21(13-20)42-26-14-22-24(34-30(39)23(33-29(22)38)10-11-28(37)40-3)15-25(26)32-27(36)17-41-16-18-6-4-7-19(31)12-18/h4-9,12-15,23H,10-11,16-17H2,1-3H3,(H,32,36)(H,33,38)(H,34,39)/t23-/m1/s1. The summed E-state index contributed by atoms with van der Waals surface area (Å²) < 4.78 is 17.3. The molecule has 0 radical (unpaired) electrons. The van der Waals surface area contributed by atoms with E-state index in [-0.39, 0.29) is 48.7 Å². The maximum absolute atomic E-state index is 13.2. The van der Waals surface area contributed by atoms with Crippen LogP contribution in [0.15, 0.2) is 65.1 Å². The van der Waals surface area contributed by atoms with Crippen LogP contribution in [0.1, 0.15) is 28.8 Å². The van der Waals surface area contributed by atoms with Gasteiger partial charge >= 0.3 is 5.97 Å². The third-order valence-corrected chi connectivity index (χ3v) is 6.83. The van der Waals surface area contributed by atoms with Crippen molar-refractivity contribution in [1.29, 1.82) is 0 Å². The highest BCUT2D eigenvalue weighted by Gasteiger charge is 2.30. The molecule has 0 saturated carbocycles. The molecule has 0 fully saturated rings. The van der Waals surface area contributed by atoms with Crippen molar-refractivity contribution in [3.05, 3.63) is 76.3 Å². The van der Waals surface area contributed by atoms with Gasteiger partial charge in [-0.3, -0.25) is 19.2 Å². The van der Waals surface area contributed by atoms with Gasteiger partial charge in [-0.05, 0) is 48.4 Å². The van der Waals surface area contributed by atoms with E-state index in [0.29, 0.717) is 5.75 Å². The lowest BCUT2D eigenvalue weighted by molar-refractivity contribution is -0.140. The van der Waals surface area contributed by atoms with E-state index in [1.165, 1.54) is 19.2 Å². The summed E-state index contributed by atoms with van der Waals surface area (Å²) in [5.74, 6) is -1.36. The molecule has 3 N–H and O–H groups in total. The van der Waals surface area contributed by atoms with Gasteiger partial charge in [-0.25, -0.2) is 0 Å². The highest BCUT2D eigenvalue weighted by molar-refractivity contribution is 9.10. The van der Waals surface area contributed by atoms with Crippen LogP contribution in [0.5, 0.6) is 11.5 Å². The molecule has 12 heteroatoms. The van der Waals surface area contributed by atoms with Gasteiger partial charge in [0.25, 0.3) is 5.91 Å². The van der Waals surface area contributed by atoms with E-state index in [2.05, 4.69) is 36.6 Å². The fraction of sp³-hybridized carbons (Fsp3) is 0.267. The molecule has 11 nitrogen and oxygen atoms in total. The van der Waals surface area contributed by atoms with E-state index >= 15 is 0 Å². The minimum absolute atomic E-state index is 0.0525. The number of nitrogens with zero attached hydrogens (tertiary/aromatic N) is 1. The molecular formula is C30H31BrN4O7. The van der Waals surface area contributed by atoms with Gasteiger partial charge in [-0.15, -0.1) is 0 Å². The second-order valence-electron chi connectivity index (χ2n) is 9.69. The quantitative estimate of drug-likeness (QED) is 0.262. The molecule has 0 saturated heterocycles. The van der Waals surface area contributed by atoms with Gasteiger partial charge in [0.2, 0.25) is 11.8 Å². The summed E-state index contributed by atoms with van der Waals surface area (Å²) in [6.07, 6.45) is 0.000861. The van der Waals surface area contributed by atoms with Crippen molar-refractivity contribution in [3.63, 3.8) is 0 Å². The summed E-state index contributed by atoms with van der Waals surface area (Å²) in [5, 5.41) is 8.15. The van der Waals surface area contributed by atoms with Gasteiger partial charge in [0.1, 0.15) is 18.4 Å². The molecular weight excluding hydrogens is 608 g/mol. The molecule has 4 rings (SSSR count). The lowest BCUT2D eigenvalue weighted by Crippen LogP contribution is -2.41. The predicted molar refractivity (Wildman–Crippen MR) is 161 cm³/mol. The average Bonchev–Trinajstić information content (AvgIpc) is 3.07. The number of rotatable bonds is 11. The van der Waals surface area contributed by atoms with Crippen LogP contribution in [0.25, 0.3) is 0 Å². The van der Waals surface area contributed by atoms with Gasteiger partial charge in [0, 0.05) is 36.7 Å². The Morgan fingerprint density at radius 3 is 2.57 bits per heavy atom. The van der Waals surface area contributed by atoms with Crippen LogP contribution in [-0.2, 0) is 30.5 Å². The zero-order valence-electron chi connectivity index (χ0n) is 23.4. The Morgan fingerprint density at radius 1 is 1.05 bits per heavy atom. The van der Waals surface area contributed by atoms with Crippen molar-refractivity contribution in [1.82, 2.24) is 5.32 Å². The largest absolute Gasteiger partial charge is 0.469 e. The minimum Gasteiger partial charge on any atom is -0.469 e. The van der Waals surface area contributed by atoms with Crippen LogP contribution in [0, 0.1) is 0 Å². The van der Waals surface area contributed by atoms with E-state index in [9.17, 15) is 19.2 Å². The number of carbonyl (C=O) groups excluding carboxylic acids is 4.